The Hall–Kier alpha value is -1.29. The van der Waals surface area contributed by atoms with Gasteiger partial charge in [0.25, 0.3) is 0 Å². The smallest absolute Gasteiger partial charge is 0.128 e. The number of anilines is 2. The maximum absolute atomic E-state index is 4.53. The SMILES string of the molecule is CCCNc1cccc(NCC(C)(C)N(C)C)n1. The van der Waals surface area contributed by atoms with Crippen molar-refractivity contribution < 1.29 is 0 Å². The van der Waals surface area contributed by atoms with E-state index in [-0.39, 0.29) is 5.54 Å². The molecule has 0 radical (unpaired) electrons. The molecule has 1 rings (SSSR count). The average Bonchev–Trinajstić information content (AvgIpc) is 2.34. The normalized spacial score (nSPS) is 11.7. The summed E-state index contributed by atoms with van der Waals surface area (Å²) in [5.41, 5.74) is 0.106. The van der Waals surface area contributed by atoms with Crippen LogP contribution in [0, 0.1) is 0 Å². The summed E-state index contributed by atoms with van der Waals surface area (Å²) in [7, 11) is 4.18. The first-order valence-electron chi connectivity index (χ1n) is 6.58. The molecule has 18 heavy (non-hydrogen) atoms. The van der Waals surface area contributed by atoms with Crippen LogP contribution in [-0.4, -0.2) is 42.6 Å². The molecule has 0 aromatic carbocycles. The second kappa shape index (κ2) is 6.59. The maximum atomic E-state index is 4.53. The number of likely N-dealkylation sites (N-methyl/N-ethyl adjacent to an activating group) is 1. The zero-order valence-corrected chi connectivity index (χ0v) is 12.2. The molecule has 4 nitrogen and oxygen atoms in total. The summed E-state index contributed by atoms with van der Waals surface area (Å²) in [5.74, 6) is 1.86. The van der Waals surface area contributed by atoms with Gasteiger partial charge >= 0.3 is 0 Å². The van der Waals surface area contributed by atoms with E-state index in [4.69, 9.17) is 0 Å². The lowest BCUT2D eigenvalue weighted by Gasteiger charge is -2.32. The van der Waals surface area contributed by atoms with Gasteiger partial charge in [-0.1, -0.05) is 13.0 Å². The predicted molar refractivity (Wildman–Crippen MR) is 79.3 cm³/mol. The predicted octanol–water partition coefficient (Wildman–Crippen LogP) is 2.66. The van der Waals surface area contributed by atoms with Gasteiger partial charge in [-0.05, 0) is 46.5 Å². The molecule has 0 fully saturated rings. The average molecular weight is 250 g/mol. The molecule has 1 aromatic heterocycles. The van der Waals surface area contributed by atoms with Crippen LogP contribution in [-0.2, 0) is 0 Å². The van der Waals surface area contributed by atoms with Crippen molar-refractivity contribution in [1.29, 1.82) is 0 Å². The molecule has 2 N–H and O–H groups in total. The summed E-state index contributed by atoms with van der Waals surface area (Å²) in [5, 5.41) is 6.68. The van der Waals surface area contributed by atoms with E-state index in [9.17, 15) is 0 Å². The molecule has 1 aromatic rings. The van der Waals surface area contributed by atoms with E-state index in [0.717, 1.165) is 31.1 Å². The maximum Gasteiger partial charge on any atom is 0.128 e. The lowest BCUT2D eigenvalue weighted by atomic mass is 10.0. The Balaban J connectivity index is 2.57. The Morgan fingerprint density at radius 2 is 1.78 bits per heavy atom. The number of pyridine rings is 1. The van der Waals surface area contributed by atoms with Crippen LogP contribution in [0.2, 0.25) is 0 Å². The van der Waals surface area contributed by atoms with Crippen LogP contribution in [0.25, 0.3) is 0 Å². The molecule has 0 aliphatic carbocycles. The van der Waals surface area contributed by atoms with Crippen LogP contribution in [0.4, 0.5) is 11.6 Å². The Labute approximate surface area is 111 Å². The molecular weight excluding hydrogens is 224 g/mol. The van der Waals surface area contributed by atoms with E-state index in [1.165, 1.54) is 0 Å². The highest BCUT2D eigenvalue weighted by molar-refractivity contribution is 5.45. The van der Waals surface area contributed by atoms with Gasteiger partial charge in [-0.15, -0.1) is 0 Å². The number of hydrogen-bond donors (Lipinski definition) is 2. The first-order valence-corrected chi connectivity index (χ1v) is 6.58. The van der Waals surface area contributed by atoms with Crippen molar-refractivity contribution >= 4 is 11.6 Å². The monoisotopic (exact) mass is 250 g/mol. The van der Waals surface area contributed by atoms with E-state index in [1.807, 2.05) is 18.2 Å². The number of aromatic nitrogens is 1. The lowest BCUT2D eigenvalue weighted by Crippen LogP contribution is -2.44. The molecule has 0 saturated carbocycles. The molecule has 0 aliphatic heterocycles. The second-order valence-corrected chi connectivity index (χ2v) is 5.40. The minimum absolute atomic E-state index is 0.106. The number of hydrogen-bond acceptors (Lipinski definition) is 4. The van der Waals surface area contributed by atoms with Crippen LogP contribution >= 0.6 is 0 Å². The number of nitrogens with zero attached hydrogens (tertiary/aromatic N) is 2. The number of nitrogens with one attached hydrogen (secondary N) is 2. The Kier molecular flexibility index (Phi) is 5.41. The van der Waals surface area contributed by atoms with E-state index in [1.54, 1.807) is 0 Å². The molecule has 0 amide bonds. The topological polar surface area (TPSA) is 40.2 Å². The van der Waals surface area contributed by atoms with Gasteiger partial charge in [0.1, 0.15) is 11.6 Å². The summed E-state index contributed by atoms with van der Waals surface area (Å²) in [4.78, 5) is 6.74. The first-order chi connectivity index (χ1) is 8.45. The third-order valence-corrected chi connectivity index (χ3v) is 3.22. The summed E-state index contributed by atoms with van der Waals surface area (Å²) in [6, 6.07) is 6.02. The van der Waals surface area contributed by atoms with Crippen molar-refractivity contribution in [2.45, 2.75) is 32.7 Å². The van der Waals surface area contributed by atoms with Gasteiger partial charge in [0.2, 0.25) is 0 Å². The largest absolute Gasteiger partial charge is 0.370 e. The third kappa shape index (κ3) is 4.53. The molecule has 0 spiro atoms. The summed E-state index contributed by atoms with van der Waals surface area (Å²) >= 11 is 0. The third-order valence-electron chi connectivity index (χ3n) is 3.22. The van der Waals surface area contributed by atoms with Crippen molar-refractivity contribution in [2.75, 3.05) is 37.8 Å². The molecule has 4 heteroatoms. The van der Waals surface area contributed by atoms with Crippen LogP contribution < -0.4 is 10.6 Å². The fraction of sp³-hybridized carbons (Fsp3) is 0.643. The second-order valence-electron chi connectivity index (χ2n) is 5.40. The molecule has 0 unspecified atom stereocenters. The van der Waals surface area contributed by atoms with Crippen molar-refractivity contribution in [2.24, 2.45) is 0 Å². The van der Waals surface area contributed by atoms with Crippen LogP contribution in [0.5, 0.6) is 0 Å². The zero-order valence-electron chi connectivity index (χ0n) is 12.2. The van der Waals surface area contributed by atoms with E-state index in [0.29, 0.717) is 0 Å². The highest BCUT2D eigenvalue weighted by Crippen LogP contribution is 2.13. The fourth-order valence-corrected chi connectivity index (χ4v) is 1.35. The van der Waals surface area contributed by atoms with Gasteiger partial charge in [-0.2, -0.15) is 0 Å². The minimum atomic E-state index is 0.106. The highest BCUT2D eigenvalue weighted by atomic mass is 15.2. The standard InChI is InChI=1S/C14H26N4/c1-6-10-15-12-8-7-9-13(17-12)16-11-14(2,3)18(4)5/h7-9H,6,10-11H2,1-5H3,(H2,15,16,17). The molecular formula is C14H26N4. The van der Waals surface area contributed by atoms with E-state index < -0.39 is 0 Å². The Bertz CT molecular complexity index is 361. The number of rotatable bonds is 7. The summed E-state index contributed by atoms with van der Waals surface area (Å²) in [6.45, 7) is 8.39. The lowest BCUT2D eigenvalue weighted by molar-refractivity contribution is 0.210. The van der Waals surface area contributed by atoms with E-state index >= 15 is 0 Å². The Morgan fingerprint density at radius 1 is 1.17 bits per heavy atom. The molecule has 1 heterocycles. The molecule has 0 atom stereocenters. The summed E-state index contributed by atoms with van der Waals surface area (Å²) < 4.78 is 0. The van der Waals surface area contributed by atoms with Gasteiger partial charge in [-0.25, -0.2) is 4.98 Å². The van der Waals surface area contributed by atoms with Gasteiger partial charge in [0.15, 0.2) is 0 Å². The van der Waals surface area contributed by atoms with Crippen molar-refractivity contribution in [3.63, 3.8) is 0 Å². The minimum Gasteiger partial charge on any atom is -0.370 e. The molecule has 0 saturated heterocycles. The van der Waals surface area contributed by atoms with Gasteiger partial charge in [0.05, 0.1) is 0 Å². The molecule has 0 bridgehead atoms. The quantitative estimate of drug-likeness (QED) is 0.780. The summed E-state index contributed by atoms with van der Waals surface area (Å²) in [6.07, 6.45) is 1.10. The van der Waals surface area contributed by atoms with E-state index in [2.05, 4.69) is 55.4 Å². The fourth-order valence-electron chi connectivity index (χ4n) is 1.35. The molecule has 102 valence electrons. The first kappa shape index (κ1) is 14.8. The Morgan fingerprint density at radius 3 is 2.33 bits per heavy atom. The zero-order chi connectivity index (χ0) is 13.6. The highest BCUT2D eigenvalue weighted by Gasteiger charge is 2.19. The van der Waals surface area contributed by atoms with Crippen molar-refractivity contribution in [3.8, 4) is 0 Å². The van der Waals surface area contributed by atoms with Crippen LogP contribution in [0.3, 0.4) is 0 Å². The van der Waals surface area contributed by atoms with Gasteiger partial charge in [-0.3, -0.25) is 0 Å². The van der Waals surface area contributed by atoms with Gasteiger partial charge in [0, 0.05) is 18.6 Å². The van der Waals surface area contributed by atoms with Crippen LogP contribution in [0.1, 0.15) is 27.2 Å². The van der Waals surface area contributed by atoms with Crippen molar-refractivity contribution in [1.82, 2.24) is 9.88 Å². The molecule has 0 aliphatic rings. The van der Waals surface area contributed by atoms with Crippen molar-refractivity contribution in [3.05, 3.63) is 18.2 Å². The van der Waals surface area contributed by atoms with Crippen LogP contribution in [0.15, 0.2) is 18.2 Å². The van der Waals surface area contributed by atoms with Gasteiger partial charge < -0.3 is 15.5 Å².